The Morgan fingerprint density at radius 3 is 2.00 bits per heavy atom. The summed E-state index contributed by atoms with van der Waals surface area (Å²) in [5, 5.41) is 23.5. The highest BCUT2D eigenvalue weighted by molar-refractivity contribution is 5.11. The maximum absolute atomic E-state index is 7.83. The maximum Gasteiger partial charge on any atom is 0.218 e. The molecule has 0 aromatic carbocycles. The van der Waals surface area contributed by atoms with Crippen molar-refractivity contribution in [1.82, 2.24) is 9.55 Å². The highest BCUT2D eigenvalue weighted by Gasteiger charge is 2.00. The maximum atomic E-state index is 7.83. The second kappa shape index (κ2) is 7.91. The minimum absolute atomic E-state index is 0.695. The van der Waals surface area contributed by atoms with Gasteiger partial charge in [-0.25, -0.2) is 4.98 Å². The van der Waals surface area contributed by atoms with Gasteiger partial charge in [0.15, 0.2) is 0 Å². The molecule has 0 fully saturated rings. The van der Waals surface area contributed by atoms with Crippen molar-refractivity contribution >= 4 is 0 Å². The van der Waals surface area contributed by atoms with Gasteiger partial charge in [-0.15, -0.1) is 0 Å². The average Bonchev–Trinajstić information content (AvgIpc) is 2.67. The second-order valence-corrected chi connectivity index (χ2v) is 3.87. The molecule has 0 aliphatic carbocycles. The van der Waals surface area contributed by atoms with Crippen LogP contribution in [-0.4, -0.2) is 9.55 Å². The third-order valence-corrected chi connectivity index (χ3v) is 1.90. The summed E-state index contributed by atoms with van der Waals surface area (Å²) in [6.07, 6.45) is 4.90. The van der Waals surface area contributed by atoms with Crippen LogP contribution in [0.3, 0.4) is 0 Å². The number of nitriles is 3. The van der Waals surface area contributed by atoms with Crippen LogP contribution in [0.2, 0.25) is 0 Å². The first-order valence-corrected chi connectivity index (χ1v) is 5.20. The molecule has 1 aromatic heterocycles. The Labute approximate surface area is 102 Å². The standard InChI is InChI=1S/C8H14N2.C4HN3/c1-7(2)6-8-9-4-5-10(8)3;5-1-4(2-6)3-7/h4-5,7H,6H2,1-3H3;4H. The Kier molecular flexibility index (Phi) is 6.83. The van der Waals surface area contributed by atoms with Gasteiger partial charge >= 0.3 is 0 Å². The molecule has 5 nitrogen and oxygen atoms in total. The van der Waals surface area contributed by atoms with E-state index in [1.807, 2.05) is 19.4 Å². The summed E-state index contributed by atoms with van der Waals surface area (Å²) < 4.78 is 2.07. The van der Waals surface area contributed by atoms with Gasteiger partial charge in [0.1, 0.15) is 5.82 Å². The van der Waals surface area contributed by atoms with Crippen molar-refractivity contribution in [2.24, 2.45) is 18.9 Å². The van der Waals surface area contributed by atoms with Gasteiger partial charge in [0.05, 0.1) is 18.2 Å². The predicted molar refractivity (Wildman–Crippen MR) is 62.1 cm³/mol. The van der Waals surface area contributed by atoms with Crippen molar-refractivity contribution in [3.63, 3.8) is 0 Å². The summed E-state index contributed by atoms with van der Waals surface area (Å²) in [4.78, 5) is 4.22. The van der Waals surface area contributed by atoms with Crippen molar-refractivity contribution in [3.05, 3.63) is 18.2 Å². The van der Waals surface area contributed by atoms with E-state index in [4.69, 9.17) is 15.8 Å². The topological polar surface area (TPSA) is 89.2 Å². The van der Waals surface area contributed by atoms with E-state index in [0.717, 1.165) is 6.42 Å². The Hall–Kier alpha value is -2.32. The minimum atomic E-state index is -1.10. The smallest absolute Gasteiger partial charge is 0.218 e. The van der Waals surface area contributed by atoms with Crippen LogP contribution in [-0.2, 0) is 13.5 Å². The van der Waals surface area contributed by atoms with Crippen LogP contribution in [0, 0.1) is 45.8 Å². The molecule has 0 aliphatic heterocycles. The normalized spacial score (nSPS) is 8.82. The van der Waals surface area contributed by atoms with E-state index in [2.05, 4.69) is 23.4 Å². The van der Waals surface area contributed by atoms with E-state index in [9.17, 15) is 0 Å². The van der Waals surface area contributed by atoms with Crippen molar-refractivity contribution in [2.45, 2.75) is 20.3 Å². The molecule has 0 bridgehead atoms. The fraction of sp³-hybridized carbons (Fsp3) is 0.500. The third kappa shape index (κ3) is 5.97. The summed E-state index contributed by atoms with van der Waals surface area (Å²) in [7, 11) is 2.03. The number of hydrogen-bond donors (Lipinski definition) is 0. The number of rotatable bonds is 2. The van der Waals surface area contributed by atoms with Gasteiger partial charge in [-0.1, -0.05) is 13.8 Å². The molecule has 17 heavy (non-hydrogen) atoms. The van der Waals surface area contributed by atoms with Crippen LogP contribution in [0.4, 0.5) is 0 Å². The lowest BCUT2D eigenvalue weighted by Gasteiger charge is -2.03. The van der Waals surface area contributed by atoms with Gasteiger partial charge in [-0.05, 0) is 5.92 Å². The Morgan fingerprint density at radius 1 is 1.24 bits per heavy atom. The van der Waals surface area contributed by atoms with Crippen LogP contribution in [0.25, 0.3) is 0 Å². The Balaban J connectivity index is 0.000000325. The Morgan fingerprint density at radius 2 is 1.76 bits per heavy atom. The van der Waals surface area contributed by atoms with Crippen LogP contribution in [0.1, 0.15) is 19.7 Å². The number of imidazole rings is 1. The Bertz CT molecular complexity index is 419. The zero-order chi connectivity index (χ0) is 13.3. The van der Waals surface area contributed by atoms with Crippen LogP contribution < -0.4 is 0 Å². The van der Waals surface area contributed by atoms with E-state index in [0.29, 0.717) is 5.92 Å². The van der Waals surface area contributed by atoms with Crippen molar-refractivity contribution in [1.29, 1.82) is 15.8 Å². The SMILES string of the molecule is CC(C)Cc1nccn1C.N#CC(C#N)C#N. The van der Waals surface area contributed by atoms with E-state index in [1.165, 1.54) is 24.0 Å². The molecular formula is C12H15N5. The van der Waals surface area contributed by atoms with Gasteiger partial charge in [0.2, 0.25) is 5.92 Å². The van der Waals surface area contributed by atoms with Crippen LogP contribution >= 0.6 is 0 Å². The number of hydrogen-bond acceptors (Lipinski definition) is 4. The van der Waals surface area contributed by atoms with Crippen LogP contribution in [0.5, 0.6) is 0 Å². The summed E-state index contributed by atoms with van der Waals surface area (Å²) in [5.41, 5.74) is 0. The van der Waals surface area contributed by atoms with E-state index in [1.54, 1.807) is 0 Å². The van der Waals surface area contributed by atoms with Gasteiger partial charge in [-0.3, -0.25) is 0 Å². The number of aryl methyl sites for hydroxylation is 1. The molecule has 1 aromatic rings. The molecule has 0 amide bonds. The molecule has 0 unspecified atom stereocenters. The van der Waals surface area contributed by atoms with Crippen LogP contribution in [0.15, 0.2) is 12.4 Å². The molecule has 0 saturated carbocycles. The molecule has 0 spiro atoms. The van der Waals surface area contributed by atoms with Gasteiger partial charge in [-0.2, -0.15) is 15.8 Å². The van der Waals surface area contributed by atoms with Crippen molar-refractivity contribution < 1.29 is 0 Å². The predicted octanol–water partition coefficient (Wildman–Crippen LogP) is 1.79. The zero-order valence-corrected chi connectivity index (χ0v) is 10.3. The molecule has 5 heteroatoms. The molecule has 0 radical (unpaired) electrons. The molecule has 0 atom stereocenters. The molecule has 1 rings (SSSR count). The fourth-order valence-electron chi connectivity index (χ4n) is 1.04. The largest absolute Gasteiger partial charge is 0.338 e. The molecule has 0 N–H and O–H groups in total. The van der Waals surface area contributed by atoms with Gasteiger partial charge in [0, 0.05) is 25.9 Å². The third-order valence-electron chi connectivity index (χ3n) is 1.90. The second-order valence-electron chi connectivity index (χ2n) is 3.87. The highest BCUT2D eigenvalue weighted by atomic mass is 15.0. The summed E-state index contributed by atoms with van der Waals surface area (Å²) in [6, 6.07) is 4.44. The lowest BCUT2D eigenvalue weighted by atomic mass is 10.1. The molecule has 0 saturated heterocycles. The van der Waals surface area contributed by atoms with E-state index < -0.39 is 5.92 Å². The first kappa shape index (κ1) is 14.7. The molecular weight excluding hydrogens is 214 g/mol. The molecule has 88 valence electrons. The van der Waals surface area contributed by atoms with Crippen molar-refractivity contribution in [2.75, 3.05) is 0 Å². The summed E-state index contributed by atoms with van der Waals surface area (Å²) in [6.45, 7) is 4.41. The monoisotopic (exact) mass is 229 g/mol. The first-order chi connectivity index (χ1) is 8.04. The number of aromatic nitrogens is 2. The highest BCUT2D eigenvalue weighted by Crippen LogP contribution is 2.03. The zero-order valence-electron chi connectivity index (χ0n) is 10.3. The van der Waals surface area contributed by atoms with E-state index in [-0.39, 0.29) is 0 Å². The fourth-order valence-corrected chi connectivity index (χ4v) is 1.04. The minimum Gasteiger partial charge on any atom is -0.338 e. The van der Waals surface area contributed by atoms with Crippen molar-refractivity contribution in [3.8, 4) is 18.2 Å². The lowest BCUT2D eigenvalue weighted by Crippen LogP contribution is -2.01. The summed E-state index contributed by atoms with van der Waals surface area (Å²) >= 11 is 0. The van der Waals surface area contributed by atoms with Gasteiger partial charge in [0.25, 0.3) is 0 Å². The molecule has 0 aliphatic rings. The molecule has 1 heterocycles. The first-order valence-electron chi connectivity index (χ1n) is 5.20. The quantitative estimate of drug-likeness (QED) is 0.773. The lowest BCUT2D eigenvalue weighted by molar-refractivity contribution is 0.602. The van der Waals surface area contributed by atoms with Gasteiger partial charge < -0.3 is 4.57 Å². The summed E-state index contributed by atoms with van der Waals surface area (Å²) in [5.74, 6) is 0.774. The van der Waals surface area contributed by atoms with E-state index >= 15 is 0 Å². The average molecular weight is 229 g/mol. The number of nitrogens with zero attached hydrogens (tertiary/aromatic N) is 5.